The molecule has 0 aliphatic carbocycles. The minimum Gasteiger partial charge on any atom is -0.478 e. The van der Waals surface area contributed by atoms with Crippen LogP contribution in [0.3, 0.4) is 0 Å². The Morgan fingerprint density at radius 3 is 2.67 bits per heavy atom. The summed E-state index contributed by atoms with van der Waals surface area (Å²) in [6.07, 6.45) is 2.99. The van der Waals surface area contributed by atoms with Gasteiger partial charge < -0.3 is 5.11 Å². The lowest BCUT2D eigenvalue weighted by atomic mass is 10.0. The summed E-state index contributed by atoms with van der Waals surface area (Å²) in [5.41, 5.74) is 1.30. The minimum atomic E-state index is -1.07. The first kappa shape index (κ1) is 13.9. The molecule has 0 fully saturated rings. The number of carbonyl (C=O) groups is 1. The number of nitrogens with zero attached hydrogens (tertiary/aromatic N) is 1. The highest BCUT2D eigenvalue weighted by molar-refractivity contribution is 5.92. The highest BCUT2D eigenvalue weighted by Gasteiger charge is 2.12. The van der Waals surface area contributed by atoms with Gasteiger partial charge in [0.15, 0.2) is 0 Å². The van der Waals surface area contributed by atoms with Crippen molar-refractivity contribution >= 4 is 12.0 Å². The molecule has 5 nitrogen and oxygen atoms in total. The molecule has 5 heteroatoms. The molecule has 0 aromatic heterocycles. The lowest BCUT2D eigenvalue weighted by Crippen LogP contribution is -2.02. The lowest BCUT2D eigenvalue weighted by Gasteiger charge is -2.05. The second-order valence-electron chi connectivity index (χ2n) is 4.02. The molecule has 0 heterocycles. The Kier molecular flexibility index (Phi) is 4.59. The summed E-state index contributed by atoms with van der Waals surface area (Å²) in [5.74, 6) is -1.07. The van der Waals surface area contributed by atoms with Crippen LogP contribution in [0.4, 0.5) is 0 Å². The van der Waals surface area contributed by atoms with E-state index >= 15 is 0 Å². The number of carboxylic acids is 1. The molecule has 1 rings (SSSR count). The predicted octanol–water partition coefficient (Wildman–Crippen LogP) is 2.97. The number of rotatable bonds is 5. The Balaban J connectivity index is 3.24. The van der Waals surface area contributed by atoms with Crippen molar-refractivity contribution in [2.45, 2.75) is 26.7 Å². The molecular weight excluding hydrogens is 234 g/mol. The molecule has 0 amide bonds. The maximum absolute atomic E-state index is 11.1. The van der Waals surface area contributed by atoms with Crippen LogP contribution in [0.5, 0.6) is 0 Å². The summed E-state index contributed by atoms with van der Waals surface area (Å²) < 4.78 is 0. The average Bonchev–Trinajstić information content (AvgIpc) is 2.30. The van der Waals surface area contributed by atoms with Gasteiger partial charge >= 0.3 is 5.97 Å². The molecule has 0 unspecified atom stereocenters. The average molecular weight is 249 g/mol. The van der Waals surface area contributed by atoms with E-state index in [1.165, 1.54) is 13.0 Å². The van der Waals surface area contributed by atoms with Gasteiger partial charge in [0.25, 0.3) is 0 Å². The summed E-state index contributed by atoms with van der Waals surface area (Å²) in [6.45, 7) is 3.34. The van der Waals surface area contributed by atoms with Crippen molar-refractivity contribution in [1.29, 1.82) is 0 Å². The zero-order valence-corrected chi connectivity index (χ0v) is 10.3. The highest BCUT2D eigenvalue weighted by Crippen LogP contribution is 2.17. The number of aromatic carboxylic acids is 1. The van der Waals surface area contributed by atoms with Gasteiger partial charge in [-0.2, -0.15) is 0 Å². The van der Waals surface area contributed by atoms with E-state index in [1.54, 1.807) is 18.2 Å². The zero-order chi connectivity index (χ0) is 13.7. The highest BCUT2D eigenvalue weighted by atomic mass is 16.6. The molecule has 1 aromatic carbocycles. The third-order valence-electron chi connectivity index (χ3n) is 2.54. The summed E-state index contributed by atoms with van der Waals surface area (Å²) in [6, 6.07) is 4.99. The van der Waals surface area contributed by atoms with Gasteiger partial charge in [0.2, 0.25) is 5.70 Å². The lowest BCUT2D eigenvalue weighted by molar-refractivity contribution is -0.422. The molecule has 0 saturated heterocycles. The van der Waals surface area contributed by atoms with Crippen molar-refractivity contribution < 1.29 is 14.8 Å². The van der Waals surface area contributed by atoms with Crippen LogP contribution in [0.2, 0.25) is 0 Å². The Morgan fingerprint density at radius 2 is 2.17 bits per heavy atom. The normalized spacial score (nSPS) is 11.3. The first-order valence-corrected chi connectivity index (χ1v) is 5.64. The zero-order valence-electron chi connectivity index (χ0n) is 10.3. The van der Waals surface area contributed by atoms with Gasteiger partial charge in [0.05, 0.1) is 10.5 Å². The Bertz CT molecular complexity index is 506. The van der Waals surface area contributed by atoms with Crippen molar-refractivity contribution in [1.82, 2.24) is 0 Å². The van der Waals surface area contributed by atoms with Crippen LogP contribution in [-0.4, -0.2) is 16.0 Å². The number of hydrogen-bond acceptors (Lipinski definition) is 3. The van der Waals surface area contributed by atoms with Gasteiger partial charge in [-0.1, -0.05) is 25.5 Å². The van der Waals surface area contributed by atoms with Crippen molar-refractivity contribution in [3.8, 4) is 0 Å². The van der Waals surface area contributed by atoms with Gasteiger partial charge in [-0.3, -0.25) is 10.1 Å². The SMILES string of the molecule is CCCc1ccc(/C=C(\C)[N+](=O)[O-])c(C(=O)O)c1. The van der Waals surface area contributed by atoms with E-state index < -0.39 is 10.9 Å². The quantitative estimate of drug-likeness (QED) is 0.642. The van der Waals surface area contributed by atoms with Gasteiger partial charge in [-0.15, -0.1) is 0 Å². The Morgan fingerprint density at radius 1 is 1.50 bits per heavy atom. The van der Waals surface area contributed by atoms with E-state index in [1.807, 2.05) is 6.92 Å². The van der Waals surface area contributed by atoms with Gasteiger partial charge in [-0.25, -0.2) is 4.79 Å². The van der Waals surface area contributed by atoms with E-state index in [2.05, 4.69) is 0 Å². The van der Waals surface area contributed by atoms with E-state index in [9.17, 15) is 14.9 Å². The Labute approximate surface area is 105 Å². The molecule has 0 saturated carbocycles. The third-order valence-corrected chi connectivity index (χ3v) is 2.54. The predicted molar refractivity (Wildman–Crippen MR) is 68.0 cm³/mol. The smallest absolute Gasteiger partial charge is 0.336 e. The fraction of sp³-hybridized carbons (Fsp3) is 0.308. The van der Waals surface area contributed by atoms with Crippen LogP contribution >= 0.6 is 0 Å². The first-order valence-electron chi connectivity index (χ1n) is 5.64. The summed E-state index contributed by atoms with van der Waals surface area (Å²) in [5, 5.41) is 19.7. The number of allylic oxidation sites excluding steroid dienone is 1. The largest absolute Gasteiger partial charge is 0.478 e. The van der Waals surface area contributed by atoms with Crippen LogP contribution in [-0.2, 0) is 6.42 Å². The van der Waals surface area contributed by atoms with Crippen molar-refractivity contribution in [2.75, 3.05) is 0 Å². The third kappa shape index (κ3) is 3.41. The maximum atomic E-state index is 11.1. The molecule has 0 aliphatic rings. The number of nitro groups is 1. The molecule has 0 bridgehead atoms. The van der Waals surface area contributed by atoms with Crippen LogP contribution in [0.1, 0.15) is 41.8 Å². The van der Waals surface area contributed by atoms with E-state index in [-0.39, 0.29) is 11.3 Å². The molecular formula is C13H15NO4. The summed E-state index contributed by atoms with van der Waals surface area (Å²) in [4.78, 5) is 21.1. The van der Waals surface area contributed by atoms with Crippen LogP contribution < -0.4 is 0 Å². The fourth-order valence-electron chi connectivity index (χ4n) is 1.64. The molecule has 1 N–H and O–H groups in total. The monoisotopic (exact) mass is 249 g/mol. The maximum Gasteiger partial charge on any atom is 0.336 e. The molecule has 0 atom stereocenters. The number of carboxylic acid groups (broad SMARTS) is 1. The van der Waals surface area contributed by atoms with Crippen LogP contribution in [0.15, 0.2) is 23.9 Å². The van der Waals surface area contributed by atoms with Crippen LogP contribution in [0.25, 0.3) is 6.08 Å². The topological polar surface area (TPSA) is 80.4 Å². The van der Waals surface area contributed by atoms with Crippen molar-refractivity contribution in [3.63, 3.8) is 0 Å². The standard InChI is InChI=1S/C13H15NO4/c1-3-4-10-5-6-11(7-9(2)14(17)18)12(8-10)13(15)16/h5-8H,3-4H2,1-2H3,(H,15,16)/b9-7+. The number of hydrogen-bond donors (Lipinski definition) is 1. The fourth-order valence-corrected chi connectivity index (χ4v) is 1.64. The molecule has 0 spiro atoms. The number of aryl methyl sites for hydroxylation is 1. The molecule has 1 aromatic rings. The minimum absolute atomic E-state index is 0.0826. The van der Waals surface area contributed by atoms with Crippen LogP contribution in [0, 0.1) is 10.1 Å². The second kappa shape index (κ2) is 5.95. The van der Waals surface area contributed by atoms with Crippen molar-refractivity contribution in [2.24, 2.45) is 0 Å². The molecule has 0 aliphatic heterocycles. The van der Waals surface area contributed by atoms with E-state index in [0.29, 0.717) is 5.56 Å². The van der Waals surface area contributed by atoms with Crippen molar-refractivity contribution in [3.05, 3.63) is 50.7 Å². The van der Waals surface area contributed by atoms with Gasteiger partial charge in [-0.05, 0) is 23.6 Å². The molecule has 0 radical (unpaired) electrons. The van der Waals surface area contributed by atoms with Gasteiger partial charge in [0, 0.05) is 13.0 Å². The molecule has 96 valence electrons. The van der Waals surface area contributed by atoms with E-state index in [4.69, 9.17) is 5.11 Å². The Hall–Kier alpha value is -2.17. The number of benzene rings is 1. The first-order chi connectivity index (χ1) is 8.45. The summed E-state index contributed by atoms with van der Waals surface area (Å²) in [7, 11) is 0. The second-order valence-corrected chi connectivity index (χ2v) is 4.02. The van der Waals surface area contributed by atoms with Gasteiger partial charge in [0.1, 0.15) is 0 Å². The molecule has 18 heavy (non-hydrogen) atoms. The van der Waals surface area contributed by atoms with E-state index in [0.717, 1.165) is 18.4 Å². The summed E-state index contributed by atoms with van der Waals surface area (Å²) >= 11 is 0.